The standard InChI is InChI=1S/C16H22N2/c1-4-9-16(2,3)15-17-13-8-7-12(11-5-6-11)10-14(13)18-15/h7-8,10-11H,4-6,9H2,1-3H3,(H,17,18). The molecule has 2 nitrogen and oxygen atoms in total. The molecule has 0 bridgehead atoms. The second-order valence-corrected chi connectivity index (χ2v) is 6.27. The first kappa shape index (κ1) is 11.8. The zero-order valence-electron chi connectivity index (χ0n) is 11.6. The second kappa shape index (κ2) is 4.11. The molecular formula is C16H22N2. The van der Waals surface area contributed by atoms with Gasteiger partial charge in [0, 0.05) is 5.41 Å². The summed E-state index contributed by atoms with van der Waals surface area (Å²) in [5, 5.41) is 0. The lowest BCUT2D eigenvalue weighted by Gasteiger charge is -2.20. The number of nitrogens with zero attached hydrogens (tertiary/aromatic N) is 1. The normalized spacial score (nSPS) is 16.4. The van der Waals surface area contributed by atoms with E-state index in [1.165, 1.54) is 36.8 Å². The summed E-state index contributed by atoms with van der Waals surface area (Å²) in [4.78, 5) is 8.30. The number of benzene rings is 1. The van der Waals surface area contributed by atoms with Crippen LogP contribution in [0.25, 0.3) is 11.0 Å². The maximum absolute atomic E-state index is 4.77. The van der Waals surface area contributed by atoms with Crippen molar-refractivity contribution >= 4 is 11.0 Å². The third-order valence-electron chi connectivity index (χ3n) is 4.07. The molecule has 1 N–H and O–H groups in total. The van der Waals surface area contributed by atoms with Crippen LogP contribution in [0.3, 0.4) is 0 Å². The molecule has 0 saturated heterocycles. The molecule has 0 unspecified atom stereocenters. The van der Waals surface area contributed by atoms with Gasteiger partial charge < -0.3 is 4.98 Å². The van der Waals surface area contributed by atoms with E-state index in [-0.39, 0.29) is 5.41 Å². The minimum Gasteiger partial charge on any atom is -0.342 e. The molecule has 1 aromatic heterocycles. The summed E-state index contributed by atoms with van der Waals surface area (Å²) >= 11 is 0. The van der Waals surface area contributed by atoms with Crippen LogP contribution in [0.15, 0.2) is 18.2 Å². The second-order valence-electron chi connectivity index (χ2n) is 6.27. The van der Waals surface area contributed by atoms with Crippen molar-refractivity contribution in [3.8, 4) is 0 Å². The summed E-state index contributed by atoms with van der Waals surface area (Å²) in [6, 6.07) is 6.72. The molecule has 96 valence electrons. The fourth-order valence-electron chi connectivity index (χ4n) is 2.76. The van der Waals surface area contributed by atoms with Crippen LogP contribution in [-0.4, -0.2) is 9.97 Å². The lowest BCUT2D eigenvalue weighted by atomic mass is 9.87. The third-order valence-corrected chi connectivity index (χ3v) is 4.07. The number of imidazole rings is 1. The molecule has 0 atom stereocenters. The molecule has 0 spiro atoms. The average Bonchev–Trinajstić information content (AvgIpc) is 3.07. The van der Waals surface area contributed by atoms with Gasteiger partial charge in [0.05, 0.1) is 11.0 Å². The van der Waals surface area contributed by atoms with Gasteiger partial charge >= 0.3 is 0 Å². The Kier molecular flexibility index (Phi) is 2.69. The Morgan fingerprint density at radius 1 is 1.33 bits per heavy atom. The minimum atomic E-state index is 0.146. The highest BCUT2D eigenvalue weighted by Gasteiger charge is 2.26. The molecule has 0 radical (unpaired) electrons. The molecule has 0 amide bonds. The van der Waals surface area contributed by atoms with Crippen molar-refractivity contribution in [1.29, 1.82) is 0 Å². The van der Waals surface area contributed by atoms with Gasteiger partial charge in [-0.2, -0.15) is 0 Å². The van der Waals surface area contributed by atoms with Crippen LogP contribution in [0.2, 0.25) is 0 Å². The van der Waals surface area contributed by atoms with Crippen LogP contribution in [0.1, 0.15) is 63.8 Å². The van der Waals surface area contributed by atoms with Crippen LogP contribution in [0.5, 0.6) is 0 Å². The van der Waals surface area contributed by atoms with E-state index in [0.717, 1.165) is 17.3 Å². The number of hydrogen-bond donors (Lipinski definition) is 1. The number of aromatic nitrogens is 2. The molecule has 1 fully saturated rings. The Labute approximate surface area is 109 Å². The number of hydrogen-bond acceptors (Lipinski definition) is 1. The Balaban J connectivity index is 1.99. The lowest BCUT2D eigenvalue weighted by Crippen LogP contribution is -2.18. The molecule has 0 aliphatic heterocycles. The first-order valence-electron chi connectivity index (χ1n) is 7.10. The van der Waals surface area contributed by atoms with E-state index in [1.807, 2.05) is 0 Å². The van der Waals surface area contributed by atoms with Gasteiger partial charge in [-0.3, -0.25) is 0 Å². The highest BCUT2D eigenvalue weighted by atomic mass is 14.9. The predicted octanol–water partition coefficient (Wildman–Crippen LogP) is 4.52. The summed E-state index contributed by atoms with van der Waals surface area (Å²) in [5.41, 5.74) is 3.94. The monoisotopic (exact) mass is 242 g/mol. The van der Waals surface area contributed by atoms with Crippen molar-refractivity contribution in [3.05, 3.63) is 29.6 Å². The highest BCUT2D eigenvalue weighted by Crippen LogP contribution is 2.40. The first-order valence-corrected chi connectivity index (χ1v) is 7.10. The maximum atomic E-state index is 4.77. The number of rotatable bonds is 4. The lowest BCUT2D eigenvalue weighted by molar-refractivity contribution is 0.450. The molecule has 1 saturated carbocycles. The highest BCUT2D eigenvalue weighted by molar-refractivity contribution is 5.76. The van der Waals surface area contributed by atoms with Crippen LogP contribution in [0.4, 0.5) is 0 Å². The Hall–Kier alpha value is -1.31. The Morgan fingerprint density at radius 2 is 2.11 bits per heavy atom. The van der Waals surface area contributed by atoms with Gasteiger partial charge in [0.25, 0.3) is 0 Å². The molecule has 2 heteroatoms. The molecule has 1 aliphatic carbocycles. The smallest absolute Gasteiger partial charge is 0.112 e. The molecule has 2 aromatic rings. The van der Waals surface area contributed by atoms with E-state index >= 15 is 0 Å². The van der Waals surface area contributed by atoms with Crippen LogP contribution < -0.4 is 0 Å². The third kappa shape index (κ3) is 2.05. The van der Waals surface area contributed by atoms with E-state index in [9.17, 15) is 0 Å². The van der Waals surface area contributed by atoms with E-state index in [4.69, 9.17) is 4.98 Å². The Bertz CT molecular complexity index is 561. The van der Waals surface area contributed by atoms with E-state index < -0.39 is 0 Å². The average molecular weight is 242 g/mol. The molecular weight excluding hydrogens is 220 g/mol. The first-order chi connectivity index (χ1) is 8.60. The number of aromatic amines is 1. The fraction of sp³-hybridized carbons (Fsp3) is 0.562. The summed E-state index contributed by atoms with van der Waals surface area (Å²) in [6.45, 7) is 6.78. The van der Waals surface area contributed by atoms with Gasteiger partial charge in [0.2, 0.25) is 0 Å². The number of H-pyrrole nitrogens is 1. The molecule has 18 heavy (non-hydrogen) atoms. The van der Waals surface area contributed by atoms with Crippen molar-refractivity contribution in [2.45, 2.75) is 57.8 Å². The number of fused-ring (bicyclic) bond motifs is 1. The quantitative estimate of drug-likeness (QED) is 0.839. The molecule has 1 aliphatic rings. The zero-order valence-corrected chi connectivity index (χ0v) is 11.6. The predicted molar refractivity (Wildman–Crippen MR) is 76.0 cm³/mol. The van der Waals surface area contributed by atoms with Crippen LogP contribution in [0, 0.1) is 0 Å². The zero-order chi connectivity index (χ0) is 12.8. The van der Waals surface area contributed by atoms with Gasteiger partial charge in [0.15, 0.2) is 0 Å². The number of nitrogens with one attached hydrogen (secondary N) is 1. The van der Waals surface area contributed by atoms with E-state index in [0.29, 0.717) is 0 Å². The van der Waals surface area contributed by atoms with Crippen molar-refractivity contribution in [3.63, 3.8) is 0 Å². The summed E-state index contributed by atoms with van der Waals surface area (Å²) in [7, 11) is 0. The van der Waals surface area contributed by atoms with Crippen LogP contribution in [-0.2, 0) is 5.41 Å². The van der Waals surface area contributed by atoms with Gasteiger partial charge in [-0.1, -0.05) is 33.3 Å². The SMILES string of the molecule is CCCC(C)(C)c1nc2ccc(C3CC3)cc2[nH]1. The van der Waals surface area contributed by atoms with Crippen molar-refractivity contribution in [1.82, 2.24) is 9.97 Å². The largest absolute Gasteiger partial charge is 0.342 e. The van der Waals surface area contributed by atoms with E-state index in [1.54, 1.807) is 0 Å². The maximum Gasteiger partial charge on any atom is 0.112 e. The molecule has 3 rings (SSSR count). The van der Waals surface area contributed by atoms with Crippen LogP contribution >= 0.6 is 0 Å². The topological polar surface area (TPSA) is 28.7 Å². The van der Waals surface area contributed by atoms with Gasteiger partial charge in [-0.05, 0) is 42.9 Å². The molecule has 1 heterocycles. The summed E-state index contributed by atoms with van der Waals surface area (Å²) in [5.74, 6) is 1.94. The van der Waals surface area contributed by atoms with Crippen molar-refractivity contribution in [2.24, 2.45) is 0 Å². The minimum absolute atomic E-state index is 0.146. The van der Waals surface area contributed by atoms with Crippen molar-refractivity contribution in [2.75, 3.05) is 0 Å². The van der Waals surface area contributed by atoms with Gasteiger partial charge in [-0.15, -0.1) is 0 Å². The summed E-state index contributed by atoms with van der Waals surface area (Å²) in [6.07, 6.45) is 5.07. The van der Waals surface area contributed by atoms with Gasteiger partial charge in [0.1, 0.15) is 5.82 Å². The van der Waals surface area contributed by atoms with E-state index in [2.05, 4.69) is 44.0 Å². The van der Waals surface area contributed by atoms with Gasteiger partial charge in [-0.25, -0.2) is 4.98 Å². The Morgan fingerprint density at radius 3 is 2.78 bits per heavy atom. The fourth-order valence-corrected chi connectivity index (χ4v) is 2.76. The molecule has 1 aromatic carbocycles. The van der Waals surface area contributed by atoms with Crippen molar-refractivity contribution < 1.29 is 0 Å². The summed E-state index contributed by atoms with van der Waals surface area (Å²) < 4.78 is 0.